The van der Waals surface area contributed by atoms with Crippen molar-refractivity contribution in [1.29, 1.82) is 0 Å². The van der Waals surface area contributed by atoms with E-state index in [4.69, 9.17) is 0 Å². The van der Waals surface area contributed by atoms with E-state index < -0.39 is 0 Å². The van der Waals surface area contributed by atoms with Crippen molar-refractivity contribution < 1.29 is 5.11 Å². The Morgan fingerprint density at radius 1 is 1.60 bits per heavy atom. The molecule has 0 bridgehead atoms. The zero-order chi connectivity index (χ0) is 10.7. The molecule has 3 heteroatoms. The van der Waals surface area contributed by atoms with Crippen molar-refractivity contribution in [3.8, 4) is 0 Å². The first-order chi connectivity index (χ1) is 7.31. The maximum absolute atomic E-state index is 9.77. The predicted octanol–water partition coefficient (Wildman–Crippen LogP) is 2.70. The number of hydrogen-bond donors (Lipinski definition) is 2. The lowest BCUT2D eigenvalue weighted by Crippen LogP contribution is -2.37. The molecule has 1 aliphatic rings. The van der Waals surface area contributed by atoms with E-state index in [2.05, 4.69) is 29.8 Å². The molecule has 1 aromatic rings. The molecule has 0 amide bonds. The molecule has 1 fully saturated rings. The molecule has 2 N–H and O–H groups in total. The molecule has 0 spiro atoms. The van der Waals surface area contributed by atoms with E-state index in [9.17, 15) is 5.11 Å². The van der Waals surface area contributed by atoms with Crippen LogP contribution in [0.25, 0.3) is 0 Å². The minimum atomic E-state index is -0.140. The highest BCUT2D eigenvalue weighted by Crippen LogP contribution is 2.26. The quantitative estimate of drug-likeness (QED) is 0.825. The smallest absolute Gasteiger partial charge is 0.0693 e. The zero-order valence-electron chi connectivity index (χ0n) is 9.15. The van der Waals surface area contributed by atoms with Crippen molar-refractivity contribution in [2.75, 3.05) is 0 Å². The van der Waals surface area contributed by atoms with Crippen LogP contribution < -0.4 is 5.32 Å². The van der Waals surface area contributed by atoms with E-state index in [1.807, 2.05) is 0 Å². The fourth-order valence-corrected chi connectivity index (χ4v) is 3.15. The minimum Gasteiger partial charge on any atom is -0.392 e. The Bertz CT molecular complexity index is 286. The average Bonchev–Trinajstić information content (AvgIpc) is 2.86. The van der Waals surface area contributed by atoms with Crippen molar-refractivity contribution in [3.05, 3.63) is 22.4 Å². The molecule has 84 valence electrons. The molecule has 2 nitrogen and oxygen atoms in total. The third-order valence-electron chi connectivity index (χ3n) is 3.19. The van der Waals surface area contributed by atoms with Gasteiger partial charge in [0.1, 0.15) is 0 Å². The van der Waals surface area contributed by atoms with Gasteiger partial charge in [-0.2, -0.15) is 0 Å². The topological polar surface area (TPSA) is 32.3 Å². The maximum atomic E-state index is 9.77. The van der Waals surface area contributed by atoms with Crippen LogP contribution in [0.2, 0.25) is 0 Å². The summed E-state index contributed by atoms with van der Waals surface area (Å²) in [5.74, 6) is 0. The molecule has 15 heavy (non-hydrogen) atoms. The van der Waals surface area contributed by atoms with Crippen LogP contribution in [0, 0.1) is 0 Å². The molecule has 2 rings (SSSR count). The predicted molar refractivity (Wildman–Crippen MR) is 64.1 cm³/mol. The molecule has 1 heterocycles. The van der Waals surface area contributed by atoms with Gasteiger partial charge in [-0.15, -0.1) is 11.3 Å². The van der Waals surface area contributed by atoms with E-state index in [1.54, 1.807) is 11.3 Å². The molecule has 0 aliphatic heterocycles. The molecule has 3 unspecified atom stereocenters. The molecule has 0 saturated heterocycles. The lowest BCUT2D eigenvalue weighted by molar-refractivity contribution is 0.142. The van der Waals surface area contributed by atoms with Crippen LogP contribution in [0.4, 0.5) is 0 Å². The molecular weight excluding hydrogens is 206 g/mol. The second-order valence-corrected chi connectivity index (χ2v) is 5.23. The highest BCUT2D eigenvalue weighted by molar-refractivity contribution is 7.10. The summed E-state index contributed by atoms with van der Waals surface area (Å²) in [5.41, 5.74) is 0. The summed E-state index contributed by atoms with van der Waals surface area (Å²) in [7, 11) is 0. The highest BCUT2D eigenvalue weighted by atomic mass is 32.1. The maximum Gasteiger partial charge on any atom is 0.0693 e. The third-order valence-corrected chi connectivity index (χ3v) is 4.18. The van der Waals surface area contributed by atoms with Gasteiger partial charge in [-0.05, 0) is 37.1 Å². The van der Waals surface area contributed by atoms with Crippen LogP contribution in [0.1, 0.15) is 43.5 Å². The van der Waals surface area contributed by atoms with Gasteiger partial charge in [0.2, 0.25) is 0 Å². The van der Waals surface area contributed by atoms with Gasteiger partial charge in [-0.1, -0.05) is 13.0 Å². The number of aliphatic hydroxyl groups excluding tert-OH is 1. The van der Waals surface area contributed by atoms with Crippen molar-refractivity contribution in [1.82, 2.24) is 5.32 Å². The fraction of sp³-hybridized carbons (Fsp3) is 0.667. The summed E-state index contributed by atoms with van der Waals surface area (Å²) in [6.45, 7) is 2.19. The first-order valence-electron chi connectivity index (χ1n) is 5.78. The largest absolute Gasteiger partial charge is 0.392 e. The fourth-order valence-electron chi connectivity index (χ4n) is 2.28. The van der Waals surface area contributed by atoms with Gasteiger partial charge < -0.3 is 10.4 Å². The summed E-state index contributed by atoms with van der Waals surface area (Å²) in [5, 5.41) is 15.5. The van der Waals surface area contributed by atoms with Gasteiger partial charge >= 0.3 is 0 Å². The third kappa shape index (κ3) is 2.60. The van der Waals surface area contributed by atoms with Crippen LogP contribution in [-0.4, -0.2) is 17.3 Å². The number of hydrogen-bond acceptors (Lipinski definition) is 3. The Hall–Kier alpha value is -0.380. The van der Waals surface area contributed by atoms with Gasteiger partial charge in [-0.25, -0.2) is 0 Å². The van der Waals surface area contributed by atoms with Gasteiger partial charge in [0.05, 0.1) is 6.10 Å². The van der Waals surface area contributed by atoms with Crippen molar-refractivity contribution in [3.63, 3.8) is 0 Å². The average molecular weight is 225 g/mol. The van der Waals surface area contributed by atoms with Gasteiger partial charge in [0.25, 0.3) is 0 Å². The first-order valence-corrected chi connectivity index (χ1v) is 6.66. The minimum absolute atomic E-state index is 0.140. The van der Waals surface area contributed by atoms with Crippen LogP contribution in [0.15, 0.2) is 17.5 Å². The van der Waals surface area contributed by atoms with Crippen LogP contribution in [0.3, 0.4) is 0 Å². The molecule has 0 aromatic carbocycles. The number of aliphatic hydroxyl groups is 1. The molecule has 1 aliphatic carbocycles. The Balaban J connectivity index is 1.96. The number of nitrogens with one attached hydrogen (secondary N) is 1. The molecule has 1 saturated carbocycles. The normalized spacial score (nSPS) is 28.1. The molecular formula is C12H19NOS. The zero-order valence-corrected chi connectivity index (χ0v) is 9.96. The Morgan fingerprint density at radius 2 is 2.47 bits per heavy atom. The summed E-state index contributed by atoms with van der Waals surface area (Å²) in [6.07, 6.45) is 4.17. The first kappa shape index (κ1) is 11.1. The van der Waals surface area contributed by atoms with Crippen LogP contribution >= 0.6 is 11.3 Å². The Labute approximate surface area is 95.3 Å². The molecule has 1 aromatic heterocycles. The van der Waals surface area contributed by atoms with E-state index in [1.165, 1.54) is 4.88 Å². The number of rotatable bonds is 4. The van der Waals surface area contributed by atoms with Gasteiger partial charge in [0, 0.05) is 17.0 Å². The highest BCUT2D eigenvalue weighted by Gasteiger charge is 2.27. The molecule has 0 radical (unpaired) electrons. The van der Waals surface area contributed by atoms with E-state index in [0.29, 0.717) is 12.1 Å². The van der Waals surface area contributed by atoms with Crippen LogP contribution in [-0.2, 0) is 0 Å². The second kappa shape index (κ2) is 5.10. The number of thiophene rings is 1. The lowest BCUT2D eigenvalue weighted by Gasteiger charge is -2.23. The van der Waals surface area contributed by atoms with E-state index >= 15 is 0 Å². The van der Waals surface area contributed by atoms with Gasteiger partial charge in [0.15, 0.2) is 0 Å². The lowest BCUT2D eigenvalue weighted by atomic mass is 10.1. The van der Waals surface area contributed by atoms with Crippen LogP contribution in [0.5, 0.6) is 0 Å². The SMILES string of the molecule is CCC(NC1CCCC1O)c1cccs1. The summed E-state index contributed by atoms with van der Waals surface area (Å²) in [4.78, 5) is 1.39. The Kier molecular flexibility index (Phi) is 3.78. The summed E-state index contributed by atoms with van der Waals surface area (Å²) < 4.78 is 0. The standard InChI is InChI=1S/C12H19NOS/c1-2-9(12-7-4-8-15-12)13-10-5-3-6-11(10)14/h4,7-11,13-14H,2-3,5-6H2,1H3. The second-order valence-electron chi connectivity index (χ2n) is 4.25. The van der Waals surface area contributed by atoms with E-state index in [-0.39, 0.29) is 6.10 Å². The summed E-state index contributed by atoms with van der Waals surface area (Å²) in [6, 6.07) is 4.99. The van der Waals surface area contributed by atoms with Crippen molar-refractivity contribution >= 4 is 11.3 Å². The van der Waals surface area contributed by atoms with E-state index in [0.717, 1.165) is 25.7 Å². The van der Waals surface area contributed by atoms with Crippen molar-refractivity contribution in [2.45, 2.75) is 50.8 Å². The monoisotopic (exact) mass is 225 g/mol. The van der Waals surface area contributed by atoms with Crippen molar-refractivity contribution in [2.24, 2.45) is 0 Å². The van der Waals surface area contributed by atoms with Gasteiger partial charge in [-0.3, -0.25) is 0 Å². The molecule has 3 atom stereocenters. The summed E-state index contributed by atoms with van der Waals surface area (Å²) >= 11 is 1.80. The Morgan fingerprint density at radius 3 is 3.00 bits per heavy atom.